The first kappa shape index (κ1) is 13.0. The highest BCUT2D eigenvalue weighted by atomic mass is 19.1. The Labute approximate surface area is 93.8 Å². The van der Waals surface area contributed by atoms with Crippen molar-refractivity contribution in [2.45, 2.75) is 64.5 Å². The van der Waals surface area contributed by atoms with Crippen LogP contribution in [0.3, 0.4) is 0 Å². The maximum absolute atomic E-state index is 14.4. The summed E-state index contributed by atoms with van der Waals surface area (Å²) in [4.78, 5) is 0. The zero-order chi connectivity index (χ0) is 11.1. The van der Waals surface area contributed by atoms with Crippen molar-refractivity contribution in [3.8, 4) is 0 Å². The Morgan fingerprint density at radius 1 is 1.40 bits per heavy atom. The summed E-state index contributed by atoms with van der Waals surface area (Å²) in [5.74, 6) is 0.592. The normalized spacial score (nSPS) is 29.0. The Balaban J connectivity index is 2.34. The molecule has 0 radical (unpaired) electrons. The molecule has 90 valence electrons. The fourth-order valence-electron chi connectivity index (χ4n) is 2.57. The Bertz CT molecular complexity index is 164. The third kappa shape index (κ3) is 4.50. The minimum atomic E-state index is -0.910. The van der Waals surface area contributed by atoms with Crippen molar-refractivity contribution in [1.29, 1.82) is 0 Å². The van der Waals surface area contributed by atoms with Crippen molar-refractivity contribution in [2.24, 2.45) is 5.92 Å². The van der Waals surface area contributed by atoms with E-state index in [-0.39, 0.29) is 0 Å². The summed E-state index contributed by atoms with van der Waals surface area (Å²) < 4.78 is 14.4. The number of hydrogen-bond donors (Lipinski definition) is 1. The van der Waals surface area contributed by atoms with Crippen LogP contribution >= 0.6 is 0 Å². The molecule has 0 aromatic carbocycles. The molecule has 2 heteroatoms. The van der Waals surface area contributed by atoms with Crippen LogP contribution in [0.4, 0.5) is 4.39 Å². The minimum Gasteiger partial charge on any atom is -0.314 e. The summed E-state index contributed by atoms with van der Waals surface area (Å²) in [6, 6.07) is 0. The molecule has 2 unspecified atom stereocenters. The van der Waals surface area contributed by atoms with Crippen molar-refractivity contribution in [1.82, 2.24) is 5.32 Å². The number of hydrogen-bond acceptors (Lipinski definition) is 1. The van der Waals surface area contributed by atoms with Crippen LogP contribution in [-0.4, -0.2) is 18.8 Å². The van der Waals surface area contributed by atoms with E-state index in [2.05, 4.69) is 19.2 Å². The highest BCUT2D eigenvalue weighted by Crippen LogP contribution is 2.32. The molecule has 0 aromatic rings. The molecule has 1 aliphatic rings. The maximum atomic E-state index is 14.4. The Morgan fingerprint density at radius 2 is 2.20 bits per heavy atom. The van der Waals surface area contributed by atoms with Gasteiger partial charge >= 0.3 is 0 Å². The third-order valence-electron chi connectivity index (χ3n) is 3.62. The van der Waals surface area contributed by atoms with Gasteiger partial charge in [0.25, 0.3) is 0 Å². The molecule has 1 nitrogen and oxygen atoms in total. The monoisotopic (exact) mass is 215 g/mol. The van der Waals surface area contributed by atoms with Gasteiger partial charge in [0.05, 0.1) is 0 Å². The average Bonchev–Trinajstić information content (AvgIpc) is 2.25. The van der Waals surface area contributed by atoms with Gasteiger partial charge in [-0.1, -0.05) is 39.5 Å². The van der Waals surface area contributed by atoms with E-state index in [1.165, 1.54) is 19.3 Å². The lowest BCUT2D eigenvalue weighted by Gasteiger charge is -2.33. The second-order valence-electron chi connectivity index (χ2n) is 5.05. The molecular weight excluding hydrogens is 189 g/mol. The number of alkyl halides is 1. The molecule has 0 saturated carbocycles. The van der Waals surface area contributed by atoms with Crippen molar-refractivity contribution < 1.29 is 4.39 Å². The fourth-order valence-corrected chi connectivity index (χ4v) is 2.57. The first-order chi connectivity index (χ1) is 7.20. The molecule has 0 spiro atoms. The van der Waals surface area contributed by atoms with Crippen LogP contribution in [0.15, 0.2) is 0 Å². The predicted molar refractivity (Wildman–Crippen MR) is 63.9 cm³/mol. The molecule has 1 N–H and O–H groups in total. The molecule has 1 fully saturated rings. The molecule has 15 heavy (non-hydrogen) atoms. The van der Waals surface area contributed by atoms with E-state index in [0.29, 0.717) is 12.5 Å². The number of halogens is 1. The largest absolute Gasteiger partial charge is 0.314 e. The van der Waals surface area contributed by atoms with E-state index in [0.717, 1.165) is 32.2 Å². The lowest BCUT2D eigenvalue weighted by Crippen LogP contribution is -2.43. The van der Waals surface area contributed by atoms with Gasteiger partial charge in [-0.2, -0.15) is 0 Å². The first-order valence-electron chi connectivity index (χ1n) is 6.60. The molecule has 1 rings (SSSR count). The zero-order valence-corrected chi connectivity index (χ0v) is 10.3. The average molecular weight is 215 g/mol. The van der Waals surface area contributed by atoms with Crippen LogP contribution in [0.2, 0.25) is 0 Å². The van der Waals surface area contributed by atoms with Gasteiger partial charge in [0.2, 0.25) is 0 Å². The van der Waals surface area contributed by atoms with Crippen LogP contribution in [0.5, 0.6) is 0 Å². The molecule has 0 aliphatic carbocycles. The summed E-state index contributed by atoms with van der Waals surface area (Å²) >= 11 is 0. The zero-order valence-electron chi connectivity index (χ0n) is 10.3. The van der Waals surface area contributed by atoms with Gasteiger partial charge in [0, 0.05) is 6.54 Å². The molecule has 0 bridgehead atoms. The van der Waals surface area contributed by atoms with Crippen molar-refractivity contribution in [2.75, 3.05) is 13.1 Å². The number of rotatable bonds is 6. The minimum absolute atomic E-state index is 0.579. The fraction of sp³-hybridized carbons (Fsp3) is 1.00. The Morgan fingerprint density at radius 3 is 2.73 bits per heavy atom. The molecule has 0 amide bonds. The first-order valence-corrected chi connectivity index (χ1v) is 6.60. The van der Waals surface area contributed by atoms with Gasteiger partial charge in [-0.15, -0.1) is 0 Å². The highest BCUT2D eigenvalue weighted by Gasteiger charge is 2.33. The molecule has 1 aliphatic heterocycles. The number of nitrogens with one attached hydrogen (secondary N) is 1. The van der Waals surface area contributed by atoms with Crippen LogP contribution in [0.25, 0.3) is 0 Å². The topological polar surface area (TPSA) is 12.0 Å². The standard InChI is InChI=1S/C13H26FN/c1-3-5-7-12(4-2)10-13(14)8-6-9-15-11-13/h12,15H,3-11H2,1-2H3. The van der Waals surface area contributed by atoms with Crippen LogP contribution in [0, 0.1) is 5.92 Å². The molecule has 2 atom stereocenters. The van der Waals surface area contributed by atoms with E-state index < -0.39 is 5.67 Å². The van der Waals surface area contributed by atoms with E-state index in [1.807, 2.05) is 0 Å². The van der Waals surface area contributed by atoms with Crippen molar-refractivity contribution in [3.05, 3.63) is 0 Å². The summed E-state index contributed by atoms with van der Waals surface area (Å²) in [5, 5.41) is 3.19. The van der Waals surface area contributed by atoms with Crippen LogP contribution in [0.1, 0.15) is 58.8 Å². The van der Waals surface area contributed by atoms with Gasteiger partial charge in [0.15, 0.2) is 0 Å². The van der Waals surface area contributed by atoms with E-state index in [4.69, 9.17) is 0 Å². The van der Waals surface area contributed by atoms with E-state index in [1.54, 1.807) is 0 Å². The summed E-state index contributed by atoms with van der Waals surface area (Å²) in [6.07, 6.45) is 7.36. The Kier molecular flexibility index (Phi) is 5.59. The van der Waals surface area contributed by atoms with E-state index in [9.17, 15) is 4.39 Å². The van der Waals surface area contributed by atoms with Gasteiger partial charge in [-0.05, 0) is 31.7 Å². The SMILES string of the molecule is CCCCC(CC)CC1(F)CCCNC1. The van der Waals surface area contributed by atoms with Crippen molar-refractivity contribution >= 4 is 0 Å². The lowest BCUT2D eigenvalue weighted by atomic mass is 9.83. The van der Waals surface area contributed by atoms with E-state index >= 15 is 0 Å². The van der Waals surface area contributed by atoms with Crippen LogP contribution in [-0.2, 0) is 0 Å². The third-order valence-corrected chi connectivity index (χ3v) is 3.62. The molecule has 1 saturated heterocycles. The summed E-state index contributed by atoms with van der Waals surface area (Å²) in [6.45, 7) is 5.98. The highest BCUT2D eigenvalue weighted by molar-refractivity contribution is 4.87. The quantitative estimate of drug-likeness (QED) is 0.712. The van der Waals surface area contributed by atoms with Crippen molar-refractivity contribution in [3.63, 3.8) is 0 Å². The number of piperidine rings is 1. The van der Waals surface area contributed by atoms with Gasteiger partial charge in [-0.25, -0.2) is 4.39 Å². The second kappa shape index (κ2) is 6.47. The summed E-state index contributed by atoms with van der Waals surface area (Å²) in [7, 11) is 0. The second-order valence-corrected chi connectivity index (χ2v) is 5.05. The molecule has 1 heterocycles. The lowest BCUT2D eigenvalue weighted by molar-refractivity contribution is 0.0856. The molecular formula is C13H26FN. The Hall–Kier alpha value is -0.110. The predicted octanol–water partition coefficient (Wildman–Crippen LogP) is 3.68. The summed E-state index contributed by atoms with van der Waals surface area (Å²) in [5.41, 5.74) is -0.910. The van der Waals surface area contributed by atoms with Gasteiger partial charge < -0.3 is 5.32 Å². The van der Waals surface area contributed by atoms with Gasteiger partial charge in [-0.3, -0.25) is 0 Å². The number of unbranched alkanes of at least 4 members (excludes halogenated alkanes) is 1. The maximum Gasteiger partial charge on any atom is 0.123 e. The smallest absolute Gasteiger partial charge is 0.123 e. The van der Waals surface area contributed by atoms with Gasteiger partial charge in [0.1, 0.15) is 5.67 Å². The molecule has 0 aromatic heterocycles. The van der Waals surface area contributed by atoms with Crippen LogP contribution < -0.4 is 5.32 Å².